The summed E-state index contributed by atoms with van der Waals surface area (Å²) in [6, 6.07) is 11.6. The molecule has 7 heteroatoms. The van der Waals surface area contributed by atoms with E-state index in [1.165, 1.54) is 0 Å². The Morgan fingerprint density at radius 2 is 1.73 bits per heavy atom. The van der Waals surface area contributed by atoms with Crippen LogP contribution in [0, 0.1) is 5.41 Å². The molecule has 0 bridgehead atoms. The summed E-state index contributed by atoms with van der Waals surface area (Å²) in [6.07, 6.45) is 7.92. The molecule has 1 aromatic carbocycles. The van der Waals surface area contributed by atoms with Crippen LogP contribution in [0.15, 0.2) is 42.6 Å². The van der Waals surface area contributed by atoms with Gasteiger partial charge in [0.2, 0.25) is 11.8 Å². The predicted octanol–water partition coefficient (Wildman–Crippen LogP) is 2.97. The Morgan fingerprint density at radius 1 is 1.00 bits per heavy atom. The van der Waals surface area contributed by atoms with Crippen LogP contribution < -0.4 is 10.6 Å². The van der Waals surface area contributed by atoms with Gasteiger partial charge in [-0.25, -0.2) is 4.98 Å². The Hall–Kier alpha value is -2.93. The van der Waals surface area contributed by atoms with E-state index >= 15 is 0 Å². The van der Waals surface area contributed by atoms with Crippen molar-refractivity contribution >= 4 is 17.6 Å². The number of nitrogens with zero attached hydrogens (tertiary/aromatic N) is 3. The van der Waals surface area contributed by atoms with Crippen LogP contribution in [-0.2, 0) is 4.79 Å². The fourth-order valence-electron chi connectivity index (χ4n) is 5.84. The molecule has 0 unspecified atom stereocenters. The van der Waals surface area contributed by atoms with E-state index in [0.717, 1.165) is 81.5 Å². The van der Waals surface area contributed by atoms with Crippen LogP contribution in [-0.4, -0.2) is 58.6 Å². The minimum Gasteiger partial charge on any atom is -0.393 e. The molecule has 2 saturated heterocycles. The summed E-state index contributed by atoms with van der Waals surface area (Å²) in [4.78, 5) is 33.9. The molecule has 2 aromatic rings. The van der Waals surface area contributed by atoms with E-state index in [1.807, 2.05) is 30.5 Å². The molecule has 5 rings (SSSR count). The number of primary amides is 1. The van der Waals surface area contributed by atoms with Gasteiger partial charge in [-0.1, -0.05) is 12.1 Å². The fraction of sp³-hybridized carbons (Fsp3) is 0.500. The van der Waals surface area contributed by atoms with Crippen LogP contribution in [0.25, 0.3) is 11.1 Å². The topological polar surface area (TPSA) is 99.8 Å². The molecule has 7 nitrogen and oxygen atoms in total. The fourth-order valence-corrected chi connectivity index (χ4v) is 5.84. The van der Waals surface area contributed by atoms with Crippen molar-refractivity contribution < 1.29 is 14.7 Å². The van der Waals surface area contributed by atoms with E-state index in [1.54, 1.807) is 12.1 Å². The van der Waals surface area contributed by atoms with Crippen molar-refractivity contribution in [3.63, 3.8) is 0 Å². The molecule has 3 N–H and O–H groups in total. The summed E-state index contributed by atoms with van der Waals surface area (Å²) in [6.45, 7) is 2.46. The molecule has 3 aliphatic rings. The Morgan fingerprint density at radius 3 is 2.39 bits per heavy atom. The van der Waals surface area contributed by atoms with Crippen molar-refractivity contribution in [3.05, 3.63) is 48.2 Å². The largest absolute Gasteiger partial charge is 0.393 e. The molecule has 1 spiro atoms. The molecule has 3 heterocycles. The molecule has 3 fully saturated rings. The number of hydrogen-bond acceptors (Lipinski definition) is 5. The highest BCUT2D eigenvalue weighted by Crippen LogP contribution is 2.43. The van der Waals surface area contributed by atoms with Crippen molar-refractivity contribution in [2.24, 2.45) is 11.1 Å². The van der Waals surface area contributed by atoms with E-state index in [0.29, 0.717) is 11.5 Å². The summed E-state index contributed by atoms with van der Waals surface area (Å²) >= 11 is 0. The normalized spacial score (nSPS) is 27.8. The lowest BCUT2D eigenvalue weighted by Crippen LogP contribution is -2.50. The van der Waals surface area contributed by atoms with Gasteiger partial charge in [-0.3, -0.25) is 9.59 Å². The number of carbonyl (C=O) groups is 2. The SMILES string of the molecule is NC(=O)c1ccc(-c2ccc(N3CCC[C@@]4(CCN([C@H]5CC[C@H](O)CC5)C4=O)C3)nc2)cc1. The zero-order valence-electron chi connectivity index (χ0n) is 18.9. The van der Waals surface area contributed by atoms with Crippen LogP contribution >= 0.6 is 0 Å². The lowest BCUT2D eigenvalue weighted by Gasteiger charge is -2.41. The summed E-state index contributed by atoms with van der Waals surface area (Å²) in [5.74, 6) is 0.772. The average Bonchev–Trinajstić information content (AvgIpc) is 3.15. The Balaban J connectivity index is 1.28. The van der Waals surface area contributed by atoms with E-state index in [-0.39, 0.29) is 17.6 Å². The molecule has 1 atom stereocenters. The van der Waals surface area contributed by atoms with Gasteiger partial charge in [0.1, 0.15) is 5.82 Å². The molecular formula is C26H32N4O3. The maximum atomic E-state index is 13.5. The van der Waals surface area contributed by atoms with Gasteiger partial charge in [0.25, 0.3) is 0 Å². The highest BCUT2D eigenvalue weighted by Gasteiger charge is 2.50. The number of rotatable bonds is 4. The zero-order chi connectivity index (χ0) is 23.0. The molecule has 174 valence electrons. The van der Waals surface area contributed by atoms with E-state index < -0.39 is 5.91 Å². The van der Waals surface area contributed by atoms with Crippen molar-refractivity contribution in [2.75, 3.05) is 24.5 Å². The zero-order valence-corrected chi connectivity index (χ0v) is 18.9. The first-order valence-electron chi connectivity index (χ1n) is 12.1. The summed E-state index contributed by atoms with van der Waals surface area (Å²) in [5, 5.41) is 9.83. The number of nitrogens with two attached hydrogens (primary N) is 1. The standard InChI is InChI=1S/C26H32N4O3/c27-24(32)19-4-2-18(3-5-19)20-6-11-23(28-16-20)29-14-1-12-26(17-29)13-15-30(25(26)33)21-7-9-22(31)10-8-21/h2-6,11,16,21-22,31H,1,7-10,12-15,17H2,(H2,27,32)/t21-,22-,26-/m1/s1. The quantitative estimate of drug-likeness (QED) is 0.749. The van der Waals surface area contributed by atoms with Gasteiger partial charge in [0, 0.05) is 43.0 Å². The van der Waals surface area contributed by atoms with Crippen molar-refractivity contribution in [2.45, 2.75) is 57.1 Å². The monoisotopic (exact) mass is 448 g/mol. The second-order valence-electron chi connectivity index (χ2n) is 9.86. The number of benzene rings is 1. The Kier molecular flexibility index (Phi) is 5.83. The summed E-state index contributed by atoms with van der Waals surface area (Å²) < 4.78 is 0. The van der Waals surface area contributed by atoms with E-state index in [2.05, 4.69) is 9.80 Å². The maximum absolute atomic E-state index is 13.5. The number of amides is 2. The summed E-state index contributed by atoms with van der Waals surface area (Å²) in [7, 11) is 0. The Labute approximate surface area is 194 Å². The van der Waals surface area contributed by atoms with Crippen LogP contribution in [0.5, 0.6) is 0 Å². The molecule has 0 radical (unpaired) electrons. The van der Waals surface area contributed by atoms with Crippen molar-refractivity contribution in [1.82, 2.24) is 9.88 Å². The number of piperidine rings is 1. The maximum Gasteiger partial charge on any atom is 0.248 e. The second kappa shape index (κ2) is 8.78. The van der Waals surface area contributed by atoms with Gasteiger partial charge in [-0.05, 0) is 74.8 Å². The first kappa shape index (κ1) is 21.9. The number of aliphatic hydroxyl groups is 1. The van der Waals surface area contributed by atoms with Gasteiger partial charge < -0.3 is 20.6 Å². The highest BCUT2D eigenvalue weighted by molar-refractivity contribution is 5.93. The number of pyridine rings is 1. The lowest BCUT2D eigenvalue weighted by atomic mass is 9.78. The molecule has 1 aromatic heterocycles. The van der Waals surface area contributed by atoms with Crippen LogP contribution in [0.4, 0.5) is 5.82 Å². The third-order valence-electron chi connectivity index (χ3n) is 7.80. The second-order valence-corrected chi connectivity index (χ2v) is 9.86. The third kappa shape index (κ3) is 4.22. The first-order valence-corrected chi connectivity index (χ1v) is 12.1. The molecule has 1 saturated carbocycles. The number of hydrogen-bond donors (Lipinski definition) is 2. The van der Waals surface area contributed by atoms with E-state index in [9.17, 15) is 14.7 Å². The highest BCUT2D eigenvalue weighted by atomic mass is 16.3. The van der Waals surface area contributed by atoms with Gasteiger partial charge in [-0.2, -0.15) is 0 Å². The van der Waals surface area contributed by atoms with Gasteiger partial charge in [-0.15, -0.1) is 0 Å². The number of carbonyl (C=O) groups excluding carboxylic acids is 2. The van der Waals surface area contributed by atoms with Crippen molar-refractivity contribution in [3.8, 4) is 11.1 Å². The van der Waals surface area contributed by atoms with Gasteiger partial charge in [0.05, 0.1) is 11.5 Å². The number of likely N-dealkylation sites (tertiary alicyclic amines) is 1. The first-order chi connectivity index (χ1) is 15.9. The summed E-state index contributed by atoms with van der Waals surface area (Å²) in [5.41, 5.74) is 7.46. The van der Waals surface area contributed by atoms with Gasteiger partial charge >= 0.3 is 0 Å². The number of aromatic nitrogens is 1. The lowest BCUT2D eigenvalue weighted by molar-refractivity contribution is -0.139. The van der Waals surface area contributed by atoms with E-state index in [4.69, 9.17) is 10.7 Å². The minimum absolute atomic E-state index is 0.201. The number of anilines is 1. The molecule has 1 aliphatic carbocycles. The van der Waals surface area contributed by atoms with Crippen LogP contribution in [0.1, 0.15) is 55.3 Å². The third-order valence-corrected chi connectivity index (χ3v) is 7.80. The van der Waals surface area contributed by atoms with Crippen LogP contribution in [0.3, 0.4) is 0 Å². The van der Waals surface area contributed by atoms with Crippen LogP contribution in [0.2, 0.25) is 0 Å². The van der Waals surface area contributed by atoms with Crippen molar-refractivity contribution in [1.29, 1.82) is 0 Å². The molecular weight excluding hydrogens is 416 g/mol. The average molecular weight is 449 g/mol. The smallest absolute Gasteiger partial charge is 0.248 e. The molecule has 33 heavy (non-hydrogen) atoms. The predicted molar refractivity (Wildman–Crippen MR) is 127 cm³/mol. The van der Waals surface area contributed by atoms with Gasteiger partial charge in [0.15, 0.2) is 0 Å². The number of aliphatic hydroxyl groups excluding tert-OH is 1. The Bertz CT molecular complexity index is 1010. The molecule has 2 amide bonds. The molecule has 2 aliphatic heterocycles. The minimum atomic E-state index is -0.435.